The summed E-state index contributed by atoms with van der Waals surface area (Å²) in [7, 11) is 1.96. The van der Waals surface area contributed by atoms with Crippen LogP contribution in [0.3, 0.4) is 0 Å². The highest BCUT2D eigenvalue weighted by Gasteiger charge is 2.05. The van der Waals surface area contributed by atoms with E-state index in [1.54, 1.807) is 17.3 Å². The van der Waals surface area contributed by atoms with Crippen LogP contribution in [0.2, 0.25) is 0 Å². The van der Waals surface area contributed by atoms with Gasteiger partial charge in [-0.25, -0.2) is 9.67 Å². The van der Waals surface area contributed by atoms with E-state index in [4.69, 9.17) is 0 Å². The summed E-state index contributed by atoms with van der Waals surface area (Å²) in [6, 6.07) is 8.44. The highest BCUT2D eigenvalue weighted by atomic mass is 15.3. The summed E-state index contributed by atoms with van der Waals surface area (Å²) in [5.41, 5.74) is 4.54. The summed E-state index contributed by atoms with van der Waals surface area (Å²) in [5, 5.41) is 12.0. The van der Waals surface area contributed by atoms with E-state index in [9.17, 15) is 0 Å². The lowest BCUT2D eigenvalue weighted by molar-refractivity contribution is 0.747. The summed E-state index contributed by atoms with van der Waals surface area (Å²) < 4.78 is 3.66. The van der Waals surface area contributed by atoms with Crippen molar-refractivity contribution >= 4 is 5.82 Å². The Morgan fingerprint density at radius 2 is 2.09 bits per heavy atom. The van der Waals surface area contributed by atoms with Crippen LogP contribution < -0.4 is 5.32 Å². The first-order valence-electron chi connectivity index (χ1n) is 7.38. The average molecular weight is 296 g/mol. The molecule has 0 amide bonds. The van der Waals surface area contributed by atoms with Gasteiger partial charge < -0.3 is 5.32 Å². The first kappa shape index (κ1) is 14.3. The van der Waals surface area contributed by atoms with Crippen LogP contribution in [0.4, 0.5) is 5.82 Å². The van der Waals surface area contributed by atoms with Crippen molar-refractivity contribution in [2.75, 3.05) is 5.32 Å². The van der Waals surface area contributed by atoms with Crippen molar-refractivity contribution < 1.29 is 0 Å². The van der Waals surface area contributed by atoms with Gasteiger partial charge in [0.15, 0.2) is 0 Å². The molecule has 0 aliphatic heterocycles. The summed E-state index contributed by atoms with van der Waals surface area (Å²) >= 11 is 0. The summed E-state index contributed by atoms with van der Waals surface area (Å²) in [4.78, 5) is 3.99. The fourth-order valence-corrected chi connectivity index (χ4v) is 2.47. The molecular weight excluding hydrogens is 276 g/mol. The van der Waals surface area contributed by atoms with Gasteiger partial charge in [-0.1, -0.05) is 19.1 Å². The predicted octanol–water partition coefficient (Wildman–Crippen LogP) is 2.48. The second kappa shape index (κ2) is 6.01. The van der Waals surface area contributed by atoms with Crippen LogP contribution in [-0.4, -0.2) is 24.5 Å². The molecule has 0 spiro atoms. The Balaban J connectivity index is 1.73. The third kappa shape index (κ3) is 2.86. The Labute approximate surface area is 129 Å². The molecule has 0 saturated carbocycles. The molecule has 3 aromatic rings. The summed E-state index contributed by atoms with van der Waals surface area (Å²) in [6.45, 7) is 4.96. The zero-order valence-corrected chi connectivity index (χ0v) is 13.1. The molecule has 2 heterocycles. The number of anilines is 1. The lowest BCUT2D eigenvalue weighted by atomic mass is 10.1. The van der Waals surface area contributed by atoms with Crippen LogP contribution in [0.25, 0.3) is 5.69 Å². The third-order valence-electron chi connectivity index (χ3n) is 3.69. The monoisotopic (exact) mass is 296 g/mol. The van der Waals surface area contributed by atoms with Crippen molar-refractivity contribution in [3.05, 3.63) is 53.7 Å². The minimum atomic E-state index is 0.765. The molecule has 3 rings (SSSR count). The Morgan fingerprint density at radius 3 is 2.73 bits per heavy atom. The van der Waals surface area contributed by atoms with Crippen molar-refractivity contribution in [1.82, 2.24) is 24.5 Å². The van der Waals surface area contributed by atoms with Gasteiger partial charge in [-0.15, -0.1) is 0 Å². The molecule has 22 heavy (non-hydrogen) atoms. The molecule has 0 aliphatic rings. The van der Waals surface area contributed by atoms with Crippen LogP contribution in [0, 0.1) is 6.92 Å². The smallest absolute Gasteiger partial charge is 0.138 e. The van der Waals surface area contributed by atoms with Crippen LogP contribution in [0.1, 0.15) is 23.7 Å². The minimum Gasteiger partial charge on any atom is -0.366 e. The number of rotatable bonds is 5. The molecule has 1 N–H and O–H groups in total. The van der Waals surface area contributed by atoms with Crippen LogP contribution in [0.15, 0.2) is 36.9 Å². The van der Waals surface area contributed by atoms with Gasteiger partial charge in [-0.05, 0) is 30.5 Å². The minimum absolute atomic E-state index is 0.765. The van der Waals surface area contributed by atoms with E-state index in [1.807, 2.05) is 11.7 Å². The van der Waals surface area contributed by atoms with E-state index in [2.05, 4.69) is 58.6 Å². The van der Waals surface area contributed by atoms with E-state index >= 15 is 0 Å². The maximum absolute atomic E-state index is 4.44. The van der Waals surface area contributed by atoms with Gasteiger partial charge in [0.25, 0.3) is 0 Å². The van der Waals surface area contributed by atoms with Crippen molar-refractivity contribution in [2.24, 2.45) is 7.05 Å². The molecule has 0 aliphatic carbocycles. The molecule has 6 heteroatoms. The number of hydrogen-bond acceptors (Lipinski definition) is 4. The first-order chi connectivity index (χ1) is 10.7. The zero-order valence-electron chi connectivity index (χ0n) is 13.1. The average Bonchev–Trinajstić information content (AvgIpc) is 3.15. The molecule has 1 aromatic carbocycles. The molecule has 2 aromatic heterocycles. The normalized spacial score (nSPS) is 10.9. The molecule has 0 fully saturated rings. The van der Waals surface area contributed by atoms with E-state index in [-0.39, 0.29) is 0 Å². The second-order valence-corrected chi connectivity index (χ2v) is 5.31. The third-order valence-corrected chi connectivity index (χ3v) is 3.69. The lowest BCUT2D eigenvalue weighted by Crippen LogP contribution is -2.05. The molecular formula is C16H20N6. The Hall–Kier alpha value is -2.63. The number of nitrogens with zero attached hydrogens (tertiary/aromatic N) is 5. The zero-order chi connectivity index (χ0) is 15.5. The van der Waals surface area contributed by atoms with Crippen LogP contribution in [-0.2, 0) is 20.0 Å². The van der Waals surface area contributed by atoms with Gasteiger partial charge in [0.05, 0.1) is 11.4 Å². The fourth-order valence-electron chi connectivity index (χ4n) is 2.47. The lowest BCUT2D eigenvalue weighted by Gasteiger charge is -2.10. The van der Waals surface area contributed by atoms with Crippen molar-refractivity contribution in [3.8, 4) is 5.69 Å². The Morgan fingerprint density at radius 1 is 1.23 bits per heavy atom. The predicted molar refractivity (Wildman–Crippen MR) is 86.0 cm³/mol. The quantitative estimate of drug-likeness (QED) is 0.786. The number of benzene rings is 1. The summed E-state index contributed by atoms with van der Waals surface area (Å²) in [6.07, 6.45) is 4.20. The number of aryl methyl sites for hydroxylation is 3. The maximum atomic E-state index is 4.44. The van der Waals surface area contributed by atoms with Crippen molar-refractivity contribution in [3.63, 3.8) is 0 Å². The standard InChI is InChI=1S/C16H20N6/c1-4-14-8-16(21(3)20-14)18-9-13-5-6-15(12(2)7-13)22-11-17-10-19-22/h5-8,10-11,18H,4,9H2,1-3H3. The van der Waals surface area contributed by atoms with Crippen molar-refractivity contribution in [1.29, 1.82) is 0 Å². The first-order valence-corrected chi connectivity index (χ1v) is 7.38. The maximum Gasteiger partial charge on any atom is 0.138 e. The number of nitrogens with one attached hydrogen (secondary N) is 1. The molecule has 0 saturated heterocycles. The van der Waals surface area contributed by atoms with E-state index in [1.165, 1.54) is 11.1 Å². The fraction of sp³-hybridized carbons (Fsp3) is 0.312. The molecule has 0 atom stereocenters. The molecule has 0 bridgehead atoms. The number of hydrogen-bond donors (Lipinski definition) is 1. The van der Waals surface area contributed by atoms with Gasteiger partial charge in [-0.3, -0.25) is 4.68 Å². The van der Waals surface area contributed by atoms with E-state index in [0.717, 1.165) is 30.2 Å². The topological polar surface area (TPSA) is 60.6 Å². The SMILES string of the molecule is CCc1cc(NCc2ccc(-n3cncn3)c(C)c2)n(C)n1. The van der Waals surface area contributed by atoms with Gasteiger partial charge in [0.1, 0.15) is 18.5 Å². The Bertz CT molecular complexity index is 757. The van der Waals surface area contributed by atoms with E-state index < -0.39 is 0 Å². The number of aromatic nitrogens is 5. The Kier molecular flexibility index (Phi) is 3.91. The van der Waals surface area contributed by atoms with Crippen LogP contribution in [0.5, 0.6) is 0 Å². The van der Waals surface area contributed by atoms with Crippen LogP contribution >= 0.6 is 0 Å². The van der Waals surface area contributed by atoms with Gasteiger partial charge in [0.2, 0.25) is 0 Å². The highest BCUT2D eigenvalue weighted by Crippen LogP contribution is 2.16. The summed E-state index contributed by atoms with van der Waals surface area (Å²) in [5.74, 6) is 1.04. The van der Waals surface area contributed by atoms with Gasteiger partial charge >= 0.3 is 0 Å². The molecule has 114 valence electrons. The second-order valence-electron chi connectivity index (χ2n) is 5.31. The van der Waals surface area contributed by atoms with E-state index in [0.29, 0.717) is 0 Å². The highest BCUT2D eigenvalue weighted by molar-refractivity contribution is 5.44. The molecule has 0 unspecified atom stereocenters. The van der Waals surface area contributed by atoms with Gasteiger partial charge in [-0.2, -0.15) is 10.2 Å². The largest absolute Gasteiger partial charge is 0.366 e. The molecule has 0 radical (unpaired) electrons. The van der Waals surface area contributed by atoms with Gasteiger partial charge in [0, 0.05) is 19.7 Å². The molecule has 6 nitrogen and oxygen atoms in total. The van der Waals surface area contributed by atoms with Crippen molar-refractivity contribution in [2.45, 2.75) is 26.8 Å².